The molecule has 1 heterocycles. The Bertz CT molecular complexity index is 324. The van der Waals surface area contributed by atoms with Crippen LogP contribution in [-0.2, 0) is 6.54 Å². The van der Waals surface area contributed by atoms with Crippen LogP contribution >= 0.6 is 11.8 Å². The van der Waals surface area contributed by atoms with E-state index >= 15 is 0 Å². The maximum atomic E-state index is 4.22. The summed E-state index contributed by atoms with van der Waals surface area (Å²) in [6.07, 6.45) is 6.00. The van der Waals surface area contributed by atoms with Gasteiger partial charge in [-0.2, -0.15) is 11.8 Å². The number of imidazole rings is 1. The van der Waals surface area contributed by atoms with Gasteiger partial charge in [-0.15, -0.1) is 0 Å². The van der Waals surface area contributed by atoms with Crippen LogP contribution in [-0.4, -0.2) is 27.0 Å². The molecule has 1 fully saturated rings. The van der Waals surface area contributed by atoms with E-state index in [4.69, 9.17) is 0 Å². The molecule has 0 saturated heterocycles. The van der Waals surface area contributed by atoms with Gasteiger partial charge in [0, 0.05) is 29.7 Å². The monoisotopic (exact) mass is 239 g/mol. The van der Waals surface area contributed by atoms with Crippen molar-refractivity contribution in [2.24, 2.45) is 0 Å². The molecule has 1 aromatic heterocycles. The summed E-state index contributed by atoms with van der Waals surface area (Å²) in [5.41, 5.74) is 1.20. The Hall–Kier alpha value is -0.480. The van der Waals surface area contributed by atoms with Crippen LogP contribution in [0, 0.1) is 6.92 Å². The SMILES string of the molecule is CCSC1CCCC1NCc1cnc(C)[nH]1. The van der Waals surface area contributed by atoms with E-state index in [-0.39, 0.29) is 0 Å². The van der Waals surface area contributed by atoms with Crippen LogP contribution in [0.25, 0.3) is 0 Å². The fourth-order valence-electron chi connectivity index (χ4n) is 2.38. The Labute approximate surface area is 102 Å². The van der Waals surface area contributed by atoms with E-state index in [0.29, 0.717) is 6.04 Å². The number of hydrogen-bond donors (Lipinski definition) is 2. The minimum absolute atomic E-state index is 0.688. The molecule has 0 aromatic carbocycles. The topological polar surface area (TPSA) is 40.7 Å². The first kappa shape index (κ1) is 12.0. The Morgan fingerprint density at radius 2 is 2.44 bits per heavy atom. The van der Waals surface area contributed by atoms with E-state index in [0.717, 1.165) is 17.6 Å². The predicted molar refractivity (Wildman–Crippen MR) is 69.7 cm³/mol. The summed E-state index contributed by atoms with van der Waals surface area (Å²) in [5, 5.41) is 4.47. The second-order valence-electron chi connectivity index (χ2n) is 4.41. The van der Waals surface area contributed by atoms with Crippen LogP contribution in [0.2, 0.25) is 0 Å². The Morgan fingerprint density at radius 3 is 3.12 bits per heavy atom. The molecule has 1 saturated carbocycles. The summed E-state index contributed by atoms with van der Waals surface area (Å²) < 4.78 is 0. The molecule has 0 spiro atoms. The Morgan fingerprint density at radius 1 is 1.56 bits per heavy atom. The highest BCUT2D eigenvalue weighted by molar-refractivity contribution is 7.99. The standard InChI is InChI=1S/C12H21N3S/c1-3-16-12-6-4-5-11(12)14-8-10-7-13-9(2)15-10/h7,11-12,14H,3-6,8H2,1-2H3,(H,13,15). The number of thioether (sulfide) groups is 1. The third-order valence-corrected chi connectivity index (χ3v) is 4.47. The molecular weight excluding hydrogens is 218 g/mol. The quantitative estimate of drug-likeness (QED) is 0.829. The molecule has 90 valence electrons. The van der Waals surface area contributed by atoms with Crippen molar-refractivity contribution in [2.75, 3.05) is 5.75 Å². The summed E-state index contributed by atoms with van der Waals surface area (Å²) in [5.74, 6) is 2.23. The maximum absolute atomic E-state index is 4.22. The van der Waals surface area contributed by atoms with Crippen molar-refractivity contribution in [3.8, 4) is 0 Å². The van der Waals surface area contributed by atoms with Crippen LogP contribution in [0.4, 0.5) is 0 Å². The number of aryl methyl sites for hydroxylation is 1. The number of nitrogens with zero attached hydrogens (tertiary/aromatic N) is 1. The zero-order valence-corrected chi connectivity index (χ0v) is 10.9. The molecule has 0 bridgehead atoms. The summed E-state index contributed by atoms with van der Waals surface area (Å²) in [6, 6.07) is 0.688. The van der Waals surface area contributed by atoms with Gasteiger partial charge in [0.25, 0.3) is 0 Å². The van der Waals surface area contributed by atoms with Gasteiger partial charge in [-0.1, -0.05) is 13.3 Å². The minimum atomic E-state index is 0.688. The predicted octanol–water partition coefficient (Wildman–Crippen LogP) is 2.48. The van der Waals surface area contributed by atoms with Gasteiger partial charge < -0.3 is 10.3 Å². The van der Waals surface area contributed by atoms with E-state index in [9.17, 15) is 0 Å². The van der Waals surface area contributed by atoms with Gasteiger partial charge in [-0.3, -0.25) is 0 Å². The molecule has 1 aliphatic carbocycles. The third-order valence-electron chi connectivity index (χ3n) is 3.14. The molecule has 1 aliphatic rings. The number of rotatable bonds is 5. The van der Waals surface area contributed by atoms with Crippen LogP contribution in [0.3, 0.4) is 0 Å². The molecule has 4 heteroatoms. The summed E-state index contributed by atoms with van der Waals surface area (Å²) >= 11 is 2.10. The van der Waals surface area contributed by atoms with Crippen LogP contribution in [0.1, 0.15) is 37.7 Å². The molecule has 0 radical (unpaired) electrons. The van der Waals surface area contributed by atoms with Crippen molar-refractivity contribution in [1.29, 1.82) is 0 Å². The first-order chi connectivity index (χ1) is 7.79. The van der Waals surface area contributed by atoms with E-state index < -0.39 is 0 Å². The Balaban J connectivity index is 1.80. The van der Waals surface area contributed by atoms with Crippen molar-refractivity contribution in [3.63, 3.8) is 0 Å². The smallest absolute Gasteiger partial charge is 0.103 e. The van der Waals surface area contributed by atoms with E-state index in [1.807, 2.05) is 13.1 Å². The average molecular weight is 239 g/mol. The zero-order valence-electron chi connectivity index (χ0n) is 10.1. The first-order valence-corrected chi connectivity index (χ1v) is 7.20. The molecule has 2 unspecified atom stereocenters. The van der Waals surface area contributed by atoms with Crippen molar-refractivity contribution < 1.29 is 0 Å². The first-order valence-electron chi connectivity index (χ1n) is 6.15. The highest BCUT2D eigenvalue weighted by Gasteiger charge is 2.26. The number of hydrogen-bond acceptors (Lipinski definition) is 3. The van der Waals surface area contributed by atoms with Crippen molar-refractivity contribution in [2.45, 2.75) is 50.9 Å². The maximum Gasteiger partial charge on any atom is 0.103 e. The summed E-state index contributed by atoms with van der Waals surface area (Å²) in [7, 11) is 0. The van der Waals surface area contributed by atoms with Crippen LogP contribution in [0.5, 0.6) is 0 Å². The van der Waals surface area contributed by atoms with Crippen LogP contribution < -0.4 is 5.32 Å². The van der Waals surface area contributed by atoms with Gasteiger partial charge >= 0.3 is 0 Å². The molecule has 3 nitrogen and oxygen atoms in total. The number of aromatic amines is 1. The molecule has 1 aromatic rings. The largest absolute Gasteiger partial charge is 0.345 e. The normalized spacial score (nSPS) is 25.1. The highest BCUT2D eigenvalue weighted by atomic mass is 32.2. The lowest BCUT2D eigenvalue weighted by Gasteiger charge is -2.19. The second-order valence-corrected chi connectivity index (χ2v) is 5.92. The summed E-state index contributed by atoms with van der Waals surface area (Å²) in [4.78, 5) is 7.48. The highest BCUT2D eigenvalue weighted by Crippen LogP contribution is 2.29. The third kappa shape index (κ3) is 3.01. The summed E-state index contributed by atoms with van der Waals surface area (Å²) in [6.45, 7) is 5.17. The van der Waals surface area contributed by atoms with E-state index in [2.05, 4.69) is 34.0 Å². The lowest BCUT2D eigenvalue weighted by Crippen LogP contribution is -2.33. The van der Waals surface area contributed by atoms with Crippen LogP contribution in [0.15, 0.2) is 6.20 Å². The minimum Gasteiger partial charge on any atom is -0.345 e. The second kappa shape index (κ2) is 5.73. The van der Waals surface area contributed by atoms with Gasteiger partial charge in [0.05, 0.1) is 0 Å². The number of nitrogens with one attached hydrogen (secondary N) is 2. The molecular formula is C12H21N3S. The molecule has 2 atom stereocenters. The van der Waals surface area contributed by atoms with E-state index in [1.165, 1.54) is 30.7 Å². The molecule has 16 heavy (non-hydrogen) atoms. The average Bonchev–Trinajstić information content (AvgIpc) is 2.85. The lowest BCUT2D eigenvalue weighted by molar-refractivity contribution is 0.527. The molecule has 2 N–H and O–H groups in total. The Kier molecular flexibility index (Phi) is 4.29. The fraction of sp³-hybridized carbons (Fsp3) is 0.750. The van der Waals surface area contributed by atoms with Crippen molar-refractivity contribution in [1.82, 2.24) is 15.3 Å². The van der Waals surface area contributed by atoms with Gasteiger partial charge in [-0.25, -0.2) is 4.98 Å². The zero-order chi connectivity index (χ0) is 11.4. The van der Waals surface area contributed by atoms with Gasteiger partial charge in [0.1, 0.15) is 5.82 Å². The van der Waals surface area contributed by atoms with Crippen molar-refractivity contribution in [3.05, 3.63) is 17.7 Å². The fourth-order valence-corrected chi connectivity index (χ4v) is 3.60. The molecule has 0 aliphatic heterocycles. The molecule has 0 amide bonds. The molecule has 2 rings (SSSR count). The van der Waals surface area contributed by atoms with E-state index in [1.54, 1.807) is 0 Å². The van der Waals surface area contributed by atoms with Crippen molar-refractivity contribution >= 4 is 11.8 Å². The van der Waals surface area contributed by atoms with Gasteiger partial charge in [0.15, 0.2) is 0 Å². The lowest BCUT2D eigenvalue weighted by atomic mass is 10.2. The number of H-pyrrole nitrogens is 1. The van der Waals surface area contributed by atoms with Gasteiger partial charge in [-0.05, 0) is 25.5 Å². The number of aromatic nitrogens is 2. The van der Waals surface area contributed by atoms with Gasteiger partial charge in [0.2, 0.25) is 0 Å².